The van der Waals surface area contributed by atoms with Crippen LogP contribution in [0.4, 0.5) is 5.82 Å². The molecule has 0 aliphatic carbocycles. The predicted octanol–water partition coefficient (Wildman–Crippen LogP) is 2.81. The number of anilines is 1. The molecule has 0 fully saturated rings. The van der Waals surface area contributed by atoms with E-state index in [2.05, 4.69) is 36.1 Å². The van der Waals surface area contributed by atoms with Gasteiger partial charge in [-0.15, -0.1) is 0 Å². The molecular weight excluding hydrogens is 186 g/mol. The summed E-state index contributed by atoms with van der Waals surface area (Å²) in [6, 6.07) is 2.04. The third-order valence-electron chi connectivity index (χ3n) is 2.58. The molecule has 0 aliphatic rings. The van der Waals surface area contributed by atoms with E-state index >= 15 is 0 Å². The zero-order valence-corrected chi connectivity index (χ0v) is 10.2. The van der Waals surface area contributed by atoms with Crippen LogP contribution in [0.5, 0.6) is 0 Å². The summed E-state index contributed by atoms with van der Waals surface area (Å²) >= 11 is 0. The van der Waals surface area contributed by atoms with Crippen molar-refractivity contribution in [2.24, 2.45) is 5.92 Å². The van der Waals surface area contributed by atoms with Gasteiger partial charge in [-0.2, -0.15) is 0 Å². The van der Waals surface area contributed by atoms with Gasteiger partial charge >= 0.3 is 0 Å². The second-order valence-electron chi connectivity index (χ2n) is 4.04. The molecule has 1 aromatic rings. The monoisotopic (exact) mass is 207 g/mol. The summed E-state index contributed by atoms with van der Waals surface area (Å²) in [7, 11) is 0. The van der Waals surface area contributed by atoms with Gasteiger partial charge in [-0.3, -0.25) is 0 Å². The maximum Gasteiger partial charge on any atom is 0.129 e. The molecule has 1 heterocycles. The Labute approximate surface area is 92.3 Å². The van der Waals surface area contributed by atoms with Gasteiger partial charge in [0.25, 0.3) is 0 Å². The molecule has 0 radical (unpaired) electrons. The zero-order chi connectivity index (χ0) is 11.3. The standard InChI is InChI=1S/C12H21N3/c1-5-9(3)8-13-12-7-11(6-2)14-10(4)15-12/h7,9H,5-6,8H2,1-4H3,(H,13,14,15). The van der Waals surface area contributed by atoms with Crippen molar-refractivity contribution in [2.45, 2.75) is 40.5 Å². The average molecular weight is 207 g/mol. The Morgan fingerprint density at radius 3 is 2.67 bits per heavy atom. The first-order chi connectivity index (χ1) is 7.15. The lowest BCUT2D eigenvalue weighted by atomic mass is 10.1. The van der Waals surface area contributed by atoms with Crippen molar-refractivity contribution in [1.82, 2.24) is 9.97 Å². The summed E-state index contributed by atoms with van der Waals surface area (Å²) in [6.07, 6.45) is 2.15. The molecule has 3 nitrogen and oxygen atoms in total. The number of nitrogens with zero attached hydrogens (tertiary/aromatic N) is 2. The lowest BCUT2D eigenvalue weighted by Crippen LogP contribution is -2.12. The summed E-state index contributed by atoms with van der Waals surface area (Å²) < 4.78 is 0. The first-order valence-electron chi connectivity index (χ1n) is 5.74. The minimum atomic E-state index is 0.686. The van der Waals surface area contributed by atoms with Crippen LogP contribution in [0.15, 0.2) is 6.07 Å². The SMILES string of the molecule is CCc1cc(NCC(C)CC)nc(C)n1. The van der Waals surface area contributed by atoms with E-state index in [-0.39, 0.29) is 0 Å². The summed E-state index contributed by atoms with van der Waals surface area (Å²) in [4.78, 5) is 8.71. The van der Waals surface area contributed by atoms with E-state index in [1.54, 1.807) is 0 Å². The highest BCUT2D eigenvalue weighted by molar-refractivity contribution is 5.35. The van der Waals surface area contributed by atoms with Crippen LogP contribution >= 0.6 is 0 Å². The Morgan fingerprint density at radius 2 is 2.07 bits per heavy atom. The molecule has 0 aromatic carbocycles. The summed E-state index contributed by atoms with van der Waals surface area (Å²) in [6.45, 7) is 9.47. The molecule has 84 valence electrons. The van der Waals surface area contributed by atoms with Crippen LogP contribution in [0.25, 0.3) is 0 Å². The largest absolute Gasteiger partial charge is 0.370 e. The van der Waals surface area contributed by atoms with Crippen LogP contribution in [0, 0.1) is 12.8 Å². The van der Waals surface area contributed by atoms with Gasteiger partial charge in [0.15, 0.2) is 0 Å². The van der Waals surface area contributed by atoms with E-state index in [0.717, 1.165) is 30.3 Å². The molecule has 1 atom stereocenters. The highest BCUT2D eigenvalue weighted by Gasteiger charge is 2.02. The normalized spacial score (nSPS) is 12.5. The van der Waals surface area contributed by atoms with Crippen molar-refractivity contribution < 1.29 is 0 Å². The number of hydrogen-bond acceptors (Lipinski definition) is 3. The van der Waals surface area contributed by atoms with Crippen molar-refractivity contribution in [3.63, 3.8) is 0 Å². The molecule has 0 spiro atoms. The highest BCUT2D eigenvalue weighted by atomic mass is 15.0. The van der Waals surface area contributed by atoms with Crippen molar-refractivity contribution in [3.8, 4) is 0 Å². The second kappa shape index (κ2) is 5.69. The number of hydrogen-bond donors (Lipinski definition) is 1. The van der Waals surface area contributed by atoms with Gasteiger partial charge in [0.1, 0.15) is 11.6 Å². The molecule has 0 amide bonds. The summed E-state index contributed by atoms with van der Waals surface area (Å²) in [5, 5.41) is 3.36. The lowest BCUT2D eigenvalue weighted by Gasteiger charge is -2.11. The Balaban J connectivity index is 2.64. The van der Waals surface area contributed by atoms with Crippen LogP contribution in [0.2, 0.25) is 0 Å². The molecule has 0 bridgehead atoms. The lowest BCUT2D eigenvalue weighted by molar-refractivity contribution is 0.592. The van der Waals surface area contributed by atoms with Crippen molar-refractivity contribution in [3.05, 3.63) is 17.6 Å². The fourth-order valence-electron chi connectivity index (χ4n) is 1.32. The van der Waals surface area contributed by atoms with Gasteiger partial charge < -0.3 is 5.32 Å². The van der Waals surface area contributed by atoms with Gasteiger partial charge in [0, 0.05) is 18.3 Å². The molecular formula is C12H21N3. The first-order valence-corrected chi connectivity index (χ1v) is 5.74. The van der Waals surface area contributed by atoms with Crippen molar-refractivity contribution in [2.75, 3.05) is 11.9 Å². The molecule has 0 aliphatic heterocycles. The minimum Gasteiger partial charge on any atom is -0.370 e. The molecule has 15 heavy (non-hydrogen) atoms. The van der Waals surface area contributed by atoms with Crippen molar-refractivity contribution >= 4 is 5.82 Å². The van der Waals surface area contributed by atoms with E-state index in [4.69, 9.17) is 0 Å². The Morgan fingerprint density at radius 1 is 1.33 bits per heavy atom. The molecule has 0 saturated carbocycles. The van der Waals surface area contributed by atoms with Gasteiger partial charge in [-0.1, -0.05) is 27.2 Å². The maximum absolute atomic E-state index is 4.37. The number of aryl methyl sites for hydroxylation is 2. The fourth-order valence-corrected chi connectivity index (χ4v) is 1.32. The third-order valence-corrected chi connectivity index (χ3v) is 2.58. The highest BCUT2D eigenvalue weighted by Crippen LogP contribution is 2.09. The first kappa shape index (κ1) is 12.0. The van der Waals surface area contributed by atoms with Gasteiger partial charge in [-0.05, 0) is 19.3 Å². The zero-order valence-electron chi connectivity index (χ0n) is 10.2. The topological polar surface area (TPSA) is 37.8 Å². The van der Waals surface area contributed by atoms with Crippen LogP contribution in [-0.2, 0) is 6.42 Å². The Bertz CT molecular complexity index is 310. The van der Waals surface area contributed by atoms with Crippen molar-refractivity contribution in [1.29, 1.82) is 0 Å². The number of aromatic nitrogens is 2. The van der Waals surface area contributed by atoms with Gasteiger partial charge in [0.05, 0.1) is 0 Å². The van der Waals surface area contributed by atoms with Crippen LogP contribution in [0.3, 0.4) is 0 Å². The smallest absolute Gasteiger partial charge is 0.129 e. The Kier molecular flexibility index (Phi) is 4.53. The number of nitrogens with one attached hydrogen (secondary N) is 1. The van der Waals surface area contributed by atoms with E-state index in [0.29, 0.717) is 5.92 Å². The van der Waals surface area contributed by atoms with E-state index < -0.39 is 0 Å². The van der Waals surface area contributed by atoms with Crippen LogP contribution in [0.1, 0.15) is 38.7 Å². The van der Waals surface area contributed by atoms with Gasteiger partial charge in [-0.25, -0.2) is 9.97 Å². The third kappa shape index (κ3) is 3.86. The van der Waals surface area contributed by atoms with E-state index in [1.807, 2.05) is 13.0 Å². The fraction of sp³-hybridized carbons (Fsp3) is 0.667. The average Bonchev–Trinajstić information content (AvgIpc) is 2.25. The molecule has 1 aromatic heterocycles. The molecule has 1 rings (SSSR count). The second-order valence-corrected chi connectivity index (χ2v) is 4.04. The quantitative estimate of drug-likeness (QED) is 0.806. The predicted molar refractivity (Wildman–Crippen MR) is 64.1 cm³/mol. The Hall–Kier alpha value is -1.12. The van der Waals surface area contributed by atoms with Crippen LogP contribution in [-0.4, -0.2) is 16.5 Å². The molecule has 1 unspecified atom stereocenters. The molecule has 1 N–H and O–H groups in total. The van der Waals surface area contributed by atoms with E-state index in [1.165, 1.54) is 6.42 Å². The van der Waals surface area contributed by atoms with Crippen LogP contribution < -0.4 is 5.32 Å². The molecule has 0 saturated heterocycles. The summed E-state index contributed by atoms with van der Waals surface area (Å²) in [5.74, 6) is 2.49. The summed E-state index contributed by atoms with van der Waals surface area (Å²) in [5.41, 5.74) is 1.11. The van der Waals surface area contributed by atoms with E-state index in [9.17, 15) is 0 Å². The van der Waals surface area contributed by atoms with Gasteiger partial charge in [0.2, 0.25) is 0 Å². The number of rotatable bonds is 5. The maximum atomic E-state index is 4.37. The minimum absolute atomic E-state index is 0.686. The molecule has 3 heteroatoms.